The van der Waals surface area contributed by atoms with Gasteiger partial charge in [0.2, 0.25) is 0 Å². The smallest absolute Gasteiger partial charge is 0.0837 e. The fraction of sp³-hybridized carbons (Fsp3) is 0.562. The van der Waals surface area contributed by atoms with Gasteiger partial charge in [-0.25, -0.2) is 0 Å². The molecule has 0 radical (unpaired) electrons. The van der Waals surface area contributed by atoms with E-state index in [1.807, 2.05) is 42.1 Å². The predicted octanol–water partition coefficient (Wildman–Crippen LogP) is 3.56. The normalized spacial score (nSPS) is 18.9. The van der Waals surface area contributed by atoms with E-state index in [0.717, 1.165) is 18.7 Å². The number of hydrogen-bond donors (Lipinski definition) is 1. The lowest BCUT2D eigenvalue weighted by molar-refractivity contribution is 0.526. The molecule has 0 aliphatic heterocycles. The second-order valence-electron chi connectivity index (χ2n) is 5.32. The van der Waals surface area contributed by atoms with Crippen LogP contribution < -0.4 is 5.32 Å². The maximum atomic E-state index is 9.30. The monoisotopic (exact) mass is 274 g/mol. The van der Waals surface area contributed by atoms with Gasteiger partial charge in [-0.1, -0.05) is 43.2 Å². The van der Waals surface area contributed by atoms with E-state index in [4.69, 9.17) is 0 Å². The zero-order chi connectivity index (χ0) is 13.6. The van der Waals surface area contributed by atoms with Crippen molar-refractivity contribution in [2.24, 2.45) is 0 Å². The molecule has 102 valence electrons. The van der Waals surface area contributed by atoms with Crippen LogP contribution in [0.25, 0.3) is 0 Å². The molecule has 19 heavy (non-hydrogen) atoms. The van der Waals surface area contributed by atoms with Gasteiger partial charge in [0.25, 0.3) is 0 Å². The molecule has 1 aliphatic carbocycles. The average molecular weight is 274 g/mol. The lowest BCUT2D eigenvalue weighted by atomic mass is 10.00. The summed E-state index contributed by atoms with van der Waals surface area (Å²) in [5.41, 5.74) is 1.11. The van der Waals surface area contributed by atoms with Crippen molar-refractivity contribution in [1.82, 2.24) is 5.32 Å². The van der Waals surface area contributed by atoms with Gasteiger partial charge in [0, 0.05) is 17.8 Å². The maximum absolute atomic E-state index is 9.30. The Morgan fingerprint density at radius 2 is 2.00 bits per heavy atom. The zero-order valence-electron chi connectivity index (χ0n) is 11.6. The molecule has 1 aliphatic rings. The van der Waals surface area contributed by atoms with E-state index in [-0.39, 0.29) is 5.92 Å². The minimum atomic E-state index is -0.0403. The topological polar surface area (TPSA) is 35.8 Å². The molecule has 0 spiro atoms. The molecule has 2 rings (SSSR count). The van der Waals surface area contributed by atoms with E-state index in [0.29, 0.717) is 4.75 Å². The Labute approximate surface area is 120 Å². The van der Waals surface area contributed by atoms with Crippen molar-refractivity contribution in [3.05, 3.63) is 35.9 Å². The Balaban J connectivity index is 1.86. The molecule has 2 nitrogen and oxygen atoms in total. The molecule has 0 amide bonds. The Bertz CT molecular complexity index is 418. The summed E-state index contributed by atoms with van der Waals surface area (Å²) < 4.78 is 0.413. The van der Waals surface area contributed by atoms with Crippen molar-refractivity contribution in [3.63, 3.8) is 0 Å². The molecular weight excluding hydrogens is 252 g/mol. The lowest BCUT2D eigenvalue weighted by Gasteiger charge is -2.27. The van der Waals surface area contributed by atoms with Crippen LogP contribution in [0.2, 0.25) is 0 Å². The number of benzene rings is 1. The van der Waals surface area contributed by atoms with Gasteiger partial charge in [0.05, 0.1) is 12.0 Å². The first-order chi connectivity index (χ1) is 9.29. The summed E-state index contributed by atoms with van der Waals surface area (Å²) in [4.78, 5) is 0. The molecule has 1 atom stereocenters. The van der Waals surface area contributed by atoms with Crippen LogP contribution in [0.3, 0.4) is 0 Å². The molecule has 3 heteroatoms. The summed E-state index contributed by atoms with van der Waals surface area (Å²) in [5, 5.41) is 12.8. The average Bonchev–Trinajstić information content (AvgIpc) is 2.94. The summed E-state index contributed by atoms with van der Waals surface area (Å²) in [6.45, 7) is 1.78. The number of nitrogens with one attached hydrogen (secondary N) is 1. The predicted molar refractivity (Wildman–Crippen MR) is 82.4 cm³/mol. The summed E-state index contributed by atoms with van der Waals surface area (Å²) in [5.74, 6) is -0.0403. The minimum absolute atomic E-state index is 0.0403. The van der Waals surface area contributed by atoms with E-state index in [1.54, 1.807) is 0 Å². The third-order valence-corrected chi connectivity index (χ3v) is 5.52. The highest BCUT2D eigenvalue weighted by Crippen LogP contribution is 2.39. The molecule has 1 aromatic rings. The second kappa shape index (κ2) is 6.98. The van der Waals surface area contributed by atoms with Gasteiger partial charge in [0.15, 0.2) is 0 Å². The largest absolute Gasteiger partial charge is 0.314 e. The minimum Gasteiger partial charge on any atom is -0.314 e. The van der Waals surface area contributed by atoms with Gasteiger partial charge >= 0.3 is 0 Å². The Hall–Kier alpha value is -0.980. The van der Waals surface area contributed by atoms with Gasteiger partial charge in [-0.3, -0.25) is 0 Å². The first kappa shape index (κ1) is 14.4. The Morgan fingerprint density at radius 1 is 1.32 bits per heavy atom. The molecular formula is C16H22N2S. The van der Waals surface area contributed by atoms with E-state index < -0.39 is 0 Å². The molecule has 1 unspecified atom stereocenters. The van der Waals surface area contributed by atoms with E-state index in [1.165, 1.54) is 25.7 Å². The highest BCUT2D eigenvalue weighted by molar-refractivity contribution is 8.00. The molecule has 1 fully saturated rings. The third-order valence-electron chi connectivity index (χ3n) is 4.10. The van der Waals surface area contributed by atoms with Crippen molar-refractivity contribution in [3.8, 4) is 6.07 Å². The number of nitrogens with zero attached hydrogens (tertiary/aromatic N) is 1. The molecule has 0 saturated heterocycles. The highest BCUT2D eigenvalue weighted by atomic mass is 32.2. The Morgan fingerprint density at radius 3 is 2.58 bits per heavy atom. The summed E-state index contributed by atoms with van der Waals surface area (Å²) in [6, 6.07) is 12.5. The van der Waals surface area contributed by atoms with Crippen molar-refractivity contribution in [1.29, 1.82) is 5.26 Å². The third kappa shape index (κ3) is 3.75. The van der Waals surface area contributed by atoms with Crippen LogP contribution in [0, 0.1) is 11.3 Å². The summed E-state index contributed by atoms with van der Waals surface area (Å²) >= 11 is 1.99. The lowest BCUT2D eigenvalue weighted by Crippen LogP contribution is -2.36. The Kier molecular flexibility index (Phi) is 5.30. The van der Waals surface area contributed by atoms with E-state index >= 15 is 0 Å². The first-order valence-electron chi connectivity index (χ1n) is 7.00. The maximum Gasteiger partial charge on any atom is 0.0837 e. The van der Waals surface area contributed by atoms with Crippen LogP contribution in [0.15, 0.2) is 30.3 Å². The summed E-state index contributed by atoms with van der Waals surface area (Å²) in [7, 11) is 0. The van der Waals surface area contributed by atoms with Gasteiger partial charge in [0.1, 0.15) is 0 Å². The molecule has 1 saturated carbocycles. The first-order valence-corrected chi connectivity index (χ1v) is 8.22. The van der Waals surface area contributed by atoms with Crippen LogP contribution in [0.5, 0.6) is 0 Å². The van der Waals surface area contributed by atoms with E-state index in [9.17, 15) is 5.26 Å². The number of hydrogen-bond acceptors (Lipinski definition) is 3. The molecule has 1 N–H and O–H groups in total. The highest BCUT2D eigenvalue weighted by Gasteiger charge is 2.32. The number of rotatable bonds is 6. The van der Waals surface area contributed by atoms with Crippen molar-refractivity contribution >= 4 is 11.8 Å². The summed E-state index contributed by atoms with van der Waals surface area (Å²) in [6.07, 6.45) is 7.53. The standard InChI is InChI=1S/C16H22N2S/c1-19-16(9-5-6-10-16)13-18-12-15(11-17)14-7-3-2-4-8-14/h2-4,7-8,15,18H,5-6,9-10,12-13H2,1H3. The van der Waals surface area contributed by atoms with Crippen LogP contribution in [0.4, 0.5) is 0 Å². The second-order valence-corrected chi connectivity index (χ2v) is 6.59. The van der Waals surface area contributed by atoms with Crippen LogP contribution in [0.1, 0.15) is 37.2 Å². The molecule has 0 heterocycles. The quantitative estimate of drug-likeness (QED) is 0.861. The van der Waals surface area contributed by atoms with Gasteiger partial charge < -0.3 is 5.32 Å². The molecule has 1 aromatic carbocycles. The van der Waals surface area contributed by atoms with Crippen LogP contribution in [-0.4, -0.2) is 24.1 Å². The van der Waals surface area contributed by atoms with Gasteiger partial charge in [-0.2, -0.15) is 17.0 Å². The fourth-order valence-corrected chi connectivity index (χ4v) is 3.78. The molecule has 0 bridgehead atoms. The van der Waals surface area contributed by atoms with Crippen molar-refractivity contribution < 1.29 is 0 Å². The van der Waals surface area contributed by atoms with Gasteiger partial charge in [-0.05, 0) is 24.7 Å². The number of thioether (sulfide) groups is 1. The fourth-order valence-electron chi connectivity index (χ4n) is 2.84. The van der Waals surface area contributed by atoms with Crippen molar-refractivity contribution in [2.45, 2.75) is 36.3 Å². The zero-order valence-corrected chi connectivity index (χ0v) is 12.4. The van der Waals surface area contributed by atoms with Crippen LogP contribution in [-0.2, 0) is 0 Å². The van der Waals surface area contributed by atoms with Crippen LogP contribution >= 0.6 is 11.8 Å². The molecule has 0 aromatic heterocycles. The van der Waals surface area contributed by atoms with Crippen molar-refractivity contribution in [2.75, 3.05) is 19.3 Å². The van der Waals surface area contributed by atoms with E-state index in [2.05, 4.69) is 17.6 Å². The number of nitriles is 1. The van der Waals surface area contributed by atoms with Gasteiger partial charge in [-0.15, -0.1) is 0 Å². The SMILES string of the molecule is CSC1(CNCC(C#N)c2ccccc2)CCCC1.